The van der Waals surface area contributed by atoms with Crippen molar-refractivity contribution >= 4 is 0 Å². The Labute approximate surface area is 49.9 Å². The minimum atomic E-state index is 0.906. The van der Waals surface area contributed by atoms with Crippen molar-refractivity contribution in [1.29, 1.82) is 0 Å². The fourth-order valence-corrected chi connectivity index (χ4v) is 1.51. The van der Waals surface area contributed by atoms with E-state index in [0.717, 1.165) is 6.04 Å². The molecule has 0 aromatic carbocycles. The molecule has 8 heavy (non-hydrogen) atoms. The molecule has 1 N–H and O–H groups in total. The fourth-order valence-electron chi connectivity index (χ4n) is 1.51. The zero-order chi connectivity index (χ0) is 5.40. The lowest BCUT2D eigenvalue weighted by atomic mass is 10.0. The minimum Gasteiger partial charge on any atom is -0.314 e. The summed E-state index contributed by atoms with van der Waals surface area (Å²) in [5.74, 6) is 0. The third-order valence-corrected chi connectivity index (χ3v) is 2.22. The highest BCUT2D eigenvalue weighted by molar-refractivity contribution is 4.87. The lowest BCUT2D eigenvalue weighted by molar-refractivity contribution is 0.0668. The third kappa shape index (κ3) is 0.565. The van der Waals surface area contributed by atoms with Gasteiger partial charge in [0.05, 0.1) is 0 Å². The Morgan fingerprint density at radius 1 is 1.38 bits per heavy atom. The van der Waals surface area contributed by atoms with Gasteiger partial charge in [-0.25, -0.2) is 0 Å². The smallest absolute Gasteiger partial charge is 0.0233 e. The van der Waals surface area contributed by atoms with Crippen LogP contribution in [-0.4, -0.2) is 37.1 Å². The summed E-state index contributed by atoms with van der Waals surface area (Å²) in [6, 6.07) is 0.906. The van der Waals surface area contributed by atoms with Gasteiger partial charge >= 0.3 is 0 Å². The van der Waals surface area contributed by atoms with Gasteiger partial charge in [-0.1, -0.05) is 0 Å². The Bertz CT molecular complexity index is 80.5. The second kappa shape index (κ2) is 1.71. The van der Waals surface area contributed by atoms with Crippen LogP contribution >= 0.6 is 0 Å². The van der Waals surface area contributed by atoms with Crippen molar-refractivity contribution in [3.05, 3.63) is 0 Å². The Hall–Kier alpha value is -0.0800. The van der Waals surface area contributed by atoms with E-state index in [0.29, 0.717) is 0 Å². The number of fused-ring (bicyclic) bond motifs is 1. The van der Waals surface area contributed by atoms with Gasteiger partial charge in [-0.2, -0.15) is 0 Å². The maximum Gasteiger partial charge on any atom is 0.0233 e. The summed E-state index contributed by atoms with van der Waals surface area (Å²) in [6.07, 6.45) is 1.42. The van der Waals surface area contributed by atoms with Crippen molar-refractivity contribution in [2.24, 2.45) is 0 Å². The van der Waals surface area contributed by atoms with Gasteiger partial charge in [0.2, 0.25) is 0 Å². The predicted octanol–water partition coefficient (Wildman–Crippen LogP) is -0.336. The first kappa shape index (κ1) is 4.77. The highest BCUT2D eigenvalue weighted by Gasteiger charge is 2.29. The molecule has 0 aliphatic carbocycles. The number of hydrogen-bond acceptors (Lipinski definition) is 2. The normalized spacial score (nSPS) is 38.2. The molecule has 2 rings (SSSR count). The van der Waals surface area contributed by atoms with Gasteiger partial charge in [-0.15, -0.1) is 0 Å². The summed E-state index contributed by atoms with van der Waals surface area (Å²) in [6.45, 7) is 5.08. The summed E-state index contributed by atoms with van der Waals surface area (Å²) >= 11 is 0. The van der Waals surface area contributed by atoms with E-state index in [2.05, 4.69) is 10.2 Å². The Kier molecular flexibility index (Phi) is 1.02. The Morgan fingerprint density at radius 2 is 2.38 bits per heavy atom. The van der Waals surface area contributed by atoms with Gasteiger partial charge in [0, 0.05) is 32.2 Å². The van der Waals surface area contributed by atoms with Crippen molar-refractivity contribution in [2.45, 2.75) is 12.5 Å². The molecule has 0 amide bonds. The molecule has 2 fully saturated rings. The molecular weight excluding hydrogens is 100 g/mol. The first-order chi connectivity index (χ1) is 3.97. The van der Waals surface area contributed by atoms with Crippen LogP contribution in [0.4, 0.5) is 0 Å². The maximum atomic E-state index is 3.37. The predicted molar refractivity (Wildman–Crippen MR) is 32.8 cm³/mol. The Morgan fingerprint density at radius 3 is 2.75 bits per heavy atom. The molecule has 2 saturated heterocycles. The number of rotatable bonds is 0. The van der Waals surface area contributed by atoms with E-state index in [9.17, 15) is 0 Å². The quantitative estimate of drug-likeness (QED) is 0.461. The second-order valence-electron chi connectivity index (χ2n) is 2.68. The molecule has 0 aromatic heterocycles. The van der Waals surface area contributed by atoms with Gasteiger partial charge < -0.3 is 5.32 Å². The molecule has 2 aliphatic heterocycles. The van der Waals surface area contributed by atoms with E-state index in [-0.39, 0.29) is 0 Å². The summed E-state index contributed by atoms with van der Waals surface area (Å²) in [4.78, 5) is 2.55. The van der Waals surface area contributed by atoms with E-state index >= 15 is 0 Å². The fraction of sp³-hybridized carbons (Fsp3) is 1.00. The average molecular weight is 112 g/mol. The van der Waals surface area contributed by atoms with Crippen LogP contribution < -0.4 is 5.32 Å². The molecule has 2 heterocycles. The number of hydrogen-bond donors (Lipinski definition) is 1. The highest BCUT2D eigenvalue weighted by Crippen LogP contribution is 2.17. The molecule has 0 saturated carbocycles. The summed E-state index contributed by atoms with van der Waals surface area (Å²) < 4.78 is 0. The van der Waals surface area contributed by atoms with Gasteiger partial charge in [0.25, 0.3) is 0 Å². The molecule has 2 heteroatoms. The van der Waals surface area contributed by atoms with E-state index < -0.39 is 0 Å². The molecule has 1 atom stereocenters. The van der Waals surface area contributed by atoms with Crippen LogP contribution in [0.25, 0.3) is 0 Å². The molecule has 2 nitrogen and oxygen atoms in total. The topological polar surface area (TPSA) is 15.3 Å². The van der Waals surface area contributed by atoms with E-state index in [1.807, 2.05) is 0 Å². The number of nitrogens with one attached hydrogen (secondary N) is 1. The van der Waals surface area contributed by atoms with Crippen LogP contribution in [0, 0.1) is 0 Å². The van der Waals surface area contributed by atoms with Crippen molar-refractivity contribution < 1.29 is 0 Å². The molecule has 0 unspecified atom stereocenters. The summed E-state index contributed by atoms with van der Waals surface area (Å²) in [5.41, 5.74) is 0. The largest absolute Gasteiger partial charge is 0.314 e. The van der Waals surface area contributed by atoms with Crippen molar-refractivity contribution in [3.8, 4) is 0 Å². The zero-order valence-electron chi connectivity index (χ0n) is 5.06. The van der Waals surface area contributed by atoms with Crippen LogP contribution in [0.2, 0.25) is 0 Å². The molecule has 0 radical (unpaired) electrons. The van der Waals surface area contributed by atoms with E-state index in [4.69, 9.17) is 0 Å². The van der Waals surface area contributed by atoms with Crippen molar-refractivity contribution in [3.63, 3.8) is 0 Å². The third-order valence-electron chi connectivity index (χ3n) is 2.22. The van der Waals surface area contributed by atoms with Crippen LogP contribution in [0.15, 0.2) is 0 Å². The molecular formula is C6H12N2. The minimum absolute atomic E-state index is 0.906. The molecule has 46 valence electrons. The lowest BCUT2D eigenvalue weighted by Gasteiger charge is -2.44. The lowest BCUT2D eigenvalue weighted by Crippen LogP contribution is -2.58. The number of piperazine rings is 1. The Balaban J connectivity index is 1.92. The SMILES string of the molecule is C1CN2CC[C@H]2CN1. The first-order valence-electron chi connectivity index (χ1n) is 3.41. The van der Waals surface area contributed by atoms with Crippen molar-refractivity contribution in [2.75, 3.05) is 26.2 Å². The monoisotopic (exact) mass is 112 g/mol. The standard InChI is InChI=1S/C6H12N2/c1-3-8-4-2-7-5-6(1)8/h6-7H,1-5H2/t6-/m0/s1. The highest BCUT2D eigenvalue weighted by atomic mass is 15.3. The van der Waals surface area contributed by atoms with Crippen LogP contribution in [0.1, 0.15) is 6.42 Å². The average Bonchev–Trinajstić information content (AvgIpc) is 1.72. The van der Waals surface area contributed by atoms with Crippen molar-refractivity contribution in [1.82, 2.24) is 10.2 Å². The molecule has 0 spiro atoms. The van der Waals surface area contributed by atoms with Gasteiger partial charge in [-0.05, 0) is 6.42 Å². The first-order valence-corrected chi connectivity index (χ1v) is 3.41. The molecule has 0 bridgehead atoms. The second-order valence-corrected chi connectivity index (χ2v) is 2.68. The zero-order valence-corrected chi connectivity index (χ0v) is 5.06. The maximum absolute atomic E-state index is 3.37. The van der Waals surface area contributed by atoms with E-state index in [1.165, 1.54) is 32.6 Å². The van der Waals surface area contributed by atoms with Gasteiger partial charge in [0.1, 0.15) is 0 Å². The van der Waals surface area contributed by atoms with Gasteiger partial charge in [-0.3, -0.25) is 4.90 Å². The summed E-state index contributed by atoms with van der Waals surface area (Å²) in [7, 11) is 0. The number of nitrogens with zero attached hydrogens (tertiary/aromatic N) is 1. The summed E-state index contributed by atoms with van der Waals surface area (Å²) in [5, 5.41) is 3.37. The van der Waals surface area contributed by atoms with E-state index in [1.54, 1.807) is 0 Å². The molecule has 2 aliphatic rings. The van der Waals surface area contributed by atoms with Crippen LogP contribution in [-0.2, 0) is 0 Å². The van der Waals surface area contributed by atoms with Crippen LogP contribution in [0.5, 0.6) is 0 Å². The van der Waals surface area contributed by atoms with Gasteiger partial charge in [0.15, 0.2) is 0 Å². The molecule has 0 aromatic rings. The van der Waals surface area contributed by atoms with Crippen LogP contribution in [0.3, 0.4) is 0 Å².